The first-order valence-corrected chi connectivity index (χ1v) is 7.68. The Morgan fingerprint density at radius 2 is 1.86 bits per heavy atom. The van der Waals surface area contributed by atoms with E-state index < -0.39 is 12.0 Å². The van der Waals surface area contributed by atoms with Crippen LogP contribution in [0.2, 0.25) is 10.0 Å². The molecule has 122 valence electrons. The Hall–Kier alpha value is -1.30. The van der Waals surface area contributed by atoms with Crippen molar-refractivity contribution in [3.63, 3.8) is 0 Å². The van der Waals surface area contributed by atoms with Crippen LogP contribution >= 0.6 is 23.2 Å². The SMILES string of the molecule is COC(=O)[C@@H](N)CCCC(=O)[C@H](C)Nc1cc(Cl)cc(Cl)c1. The summed E-state index contributed by atoms with van der Waals surface area (Å²) in [6.45, 7) is 1.76. The van der Waals surface area contributed by atoms with Gasteiger partial charge in [0.15, 0.2) is 5.78 Å². The number of benzene rings is 1. The van der Waals surface area contributed by atoms with E-state index in [1.54, 1.807) is 25.1 Å². The molecule has 3 N–H and O–H groups in total. The Morgan fingerprint density at radius 1 is 1.27 bits per heavy atom. The van der Waals surface area contributed by atoms with Crippen molar-refractivity contribution < 1.29 is 14.3 Å². The summed E-state index contributed by atoms with van der Waals surface area (Å²) < 4.78 is 4.53. The number of esters is 1. The van der Waals surface area contributed by atoms with E-state index in [1.165, 1.54) is 7.11 Å². The minimum atomic E-state index is -0.687. The minimum absolute atomic E-state index is 0.0214. The molecule has 1 aromatic carbocycles. The molecule has 0 saturated carbocycles. The number of Topliss-reactive ketones (excluding diaryl/α,β-unsaturated/α-hetero) is 1. The predicted molar refractivity (Wildman–Crippen MR) is 88.4 cm³/mol. The quantitative estimate of drug-likeness (QED) is 0.707. The molecule has 2 atom stereocenters. The van der Waals surface area contributed by atoms with Gasteiger partial charge in [-0.3, -0.25) is 9.59 Å². The summed E-state index contributed by atoms with van der Waals surface area (Å²) in [5.74, 6) is -0.444. The van der Waals surface area contributed by atoms with Crippen LogP contribution in [0.25, 0.3) is 0 Å². The normalized spacial score (nSPS) is 13.3. The standard InChI is InChI=1S/C15H20Cl2N2O3/c1-9(19-12-7-10(16)6-11(17)8-12)14(20)5-3-4-13(18)15(21)22-2/h6-9,13,19H,3-5,18H2,1-2H3/t9-,13-/m0/s1. The summed E-state index contributed by atoms with van der Waals surface area (Å²) in [6, 6.07) is 3.95. The van der Waals surface area contributed by atoms with Crippen molar-refractivity contribution in [2.45, 2.75) is 38.3 Å². The third kappa shape index (κ3) is 6.22. The highest BCUT2D eigenvalue weighted by Crippen LogP contribution is 2.23. The molecule has 0 saturated heterocycles. The van der Waals surface area contributed by atoms with Gasteiger partial charge in [-0.1, -0.05) is 23.2 Å². The van der Waals surface area contributed by atoms with Crippen LogP contribution < -0.4 is 11.1 Å². The molecule has 0 aliphatic carbocycles. The Bertz CT molecular complexity index is 517. The maximum Gasteiger partial charge on any atom is 0.322 e. The van der Waals surface area contributed by atoms with Gasteiger partial charge < -0.3 is 15.8 Å². The molecular weight excluding hydrogens is 327 g/mol. The van der Waals surface area contributed by atoms with Gasteiger partial charge in [0.2, 0.25) is 0 Å². The lowest BCUT2D eigenvalue weighted by molar-refractivity contribution is -0.142. The second-order valence-corrected chi connectivity index (χ2v) is 5.89. The Morgan fingerprint density at radius 3 is 2.41 bits per heavy atom. The summed E-state index contributed by atoms with van der Waals surface area (Å²) >= 11 is 11.8. The Balaban J connectivity index is 2.43. The van der Waals surface area contributed by atoms with Crippen LogP contribution in [0.4, 0.5) is 5.69 Å². The maximum atomic E-state index is 12.1. The number of nitrogens with two attached hydrogens (primary N) is 1. The fraction of sp³-hybridized carbons (Fsp3) is 0.467. The average molecular weight is 347 g/mol. The molecule has 0 unspecified atom stereocenters. The van der Waals surface area contributed by atoms with Gasteiger partial charge in [0.05, 0.1) is 13.2 Å². The monoisotopic (exact) mass is 346 g/mol. The molecule has 0 aliphatic heterocycles. The van der Waals surface area contributed by atoms with E-state index in [0.717, 1.165) is 0 Å². The molecule has 0 radical (unpaired) electrons. The number of hydrogen-bond acceptors (Lipinski definition) is 5. The Labute approximate surface area is 140 Å². The molecule has 0 amide bonds. The zero-order chi connectivity index (χ0) is 16.7. The summed E-state index contributed by atoms with van der Waals surface area (Å²) in [7, 11) is 1.29. The molecular formula is C15H20Cl2N2O3. The van der Waals surface area contributed by atoms with Gasteiger partial charge in [-0.15, -0.1) is 0 Å². The number of halogens is 2. The molecule has 1 aromatic rings. The van der Waals surface area contributed by atoms with Gasteiger partial charge in [0.1, 0.15) is 6.04 Å². The highest BCUT2D eigenvalue weighted by Gasteiger charge is 2.16. The van der Waals surface area contributed by atoms with Crippen LogP contribution in [0.15, 0.2) is 18.2 Å². The molecule has 0 fully saturated rings. The van der Waals surface area contributed by atoms with Crippen LogP contribution in [0.1, 0.15) is 26.2 Å². The van der Waals surface area contributed by atoms with Crippen LogP contribution in [0, 0.1) is 0 Å². The molecule has 0 heterocycles. The Kier molecular flexibility index (Phi) is 7.65. The number of carbonyl (C=O) groups excluding carboxylic acids is 2. The fourth-order valence-corrected chi connectivity index (χ4v) is 2.48. The summed E-state index contributed by atoms with van der Waals surface area (Å²) in [5, 5.41) is 4.05. The van der Waals surface area contributed by atoms with Crippen molar-refractivity contribution in [3.8, 4) is 0 Å². The van der Waals surface area contributed by atoms with Crippen molar-refractivity contribution in [1.82, 2.24) is 0 Å². The van der Waals surface area contributed by atoms with Gasteiger partial charge in [-0.25, -0.2) is 0 Å². The van der Waals surface area contributed by atoms with Gasteiger partial charge in [-0.2, -0.15) is 0 Å². The number of carbonyl (C=O) groups is 2. The minimum Gasteiger partial charge on any atom is -0.468 e. The lowest BCUT2D eigenvalue weighted by Crippen LogP contribution is -2.32. The zero-order valence-electron chi connectivity index (χ0n) is 12.6. The van der Waals surface area contributed by atoms with Crippen LogP contribution in [0.3, 0.4) is 0 Å². The number of nitrogens with one attached hydrogen (secondary N) is 1. The second kappa shape index (κ2) is 8.98. The van der Waals surface area contributed by atoms with Gasteiger partial charge in [0, 0.05) is 22.2 Å². The number of hydrogen-bond donors (Lipinski definition) is 2. The summed E-state index contributed by atoms with van der Waals surface area (Å²) in [5.41, 5.74) is 6.30. The predicted octanol–water partition coefficient (Wildman–Crippen LogP) is 3.03. The average Bonchev–Trinajstić information content (AvgIpc) is 2.44. The lowest BCUT2D eigenvalue weighted by atomic mass is 10.0. The number of ketones is 1. The number of anilines is 1. The first kappa shape index (κ1) is 18.7. The van der Waals surface area contributed by atoms with Crippen LogP contribution in [-0.4, -0.2) is 30.9 Å². The van der Waals surface area contributed by atoms with Crippen molar-refractivity contribution in [2.24, 2.45) is 5.73 Å². The topological polar surface area (TPSA) is 81.4 Å². The van der Waals surface area contributed by atoms with Crippen LogP contribution in [-0.2, 0) is 14.3 Å². The third-order valence-electron chi connectivity index (χ3n) is 3.17. The molecule has 0 aromatic heterocycles. The number of ether oxygens (including phenoxy) is 1. The third-order valence-corrected chi connectivity index (χ3v) is 3.61. The molecule has 22 heavy (non-hydrogen) atoms. The molecule has 7 heteroatoms. The van der Waals surface area contributed by atoms with E-state index in [9.17, 15) is 9.59 Å². The maximum absolute atomic E-state index is 12.1. The van der Waals surface area contributed by atoms with E-state index >= 15 is 0 Å². The molecule has 1 rings (SSSR count). The molecule has 0 bridgehead atoms. The lowest BCUT2D eigenvalue weighted by Gasteiger charge is -2.15. The molecule has 0 aliphatic rings. The second-order valence-electron chi connectivity index (χ2n) is 5.01. The zero-order valence-corrected chi connectivity index (χ0v) is 14.1. The largest absolute Gasteiger partial charge is 0.468 e. The van der Waals surface area contributed by atoms with Crippen molar-refractivity contribution in [2.75, 3.05) is 12.4 Å². The summed E-state index contributed by atoms with van der Waals surface area (Å²) in [6.07, 6.45) is 1.26. The van der Waals surface area contributed by atoms with E-state index in [2.05, 4.69) is 10.1 Å². The highest BCUT2D eigenvalue weighted by molar-refractivity contribution is 6.35. The fourth-order valence-electron chi connectivity index (χ4n) is 1.95. The summed E-state index contributed by atoms with van der Waals surface area (Å²) in [4.78, 5) is 23.2. The van der Waals surface area contributed by atoms with Crippen molar-refractivity contribution in [1.29, 1.82) is 0 Å². The van der Waals surface area contributed by atoms with Gasteiger partial charge in [0.25, 0.3) is 0 Å². The van der Waals surface area contributed by atoms with Gasteiger partial charge in [-0.05, 0) is 38.0 Å². The van der Waals surface area contributed by atoms with Crippen molar-refractivity contribution >= 4 is 40.6 Å². The number of methoxy groups -OCH3 is 1. The smallest absolute Gasteiger partial charge is 0.322 e. The van der Waals surface area contributed by atoms with E-state index in [1.807, 2.05) is 0 Å². The van der Waals surface area contributed by atoms with E-state index in [4.69, 9.17) is 28.9 Å². The van der Waals surface area contributed by atoms with Crippen LogP contribution in [0.5, 0.6) is 0 Å². The molecule has 5 nitrogen and oxygen atoms in total. The first-order chi connectivity index (χ1) is 10.3. The first-order valence-electron chi connectivity index (χ1n) is 6.92. The van der Waals surface area contributed by atoms with E-state index in [0.29, 0.717) is 35.0 Å². The molecule has 0 spiro atoms. The number of rotatable bonds is 8. The van der Waals surface area contributed by atoms with Crippen molar-refractivity contribution in [3.05, 3.63) is 28.2 Å². The van der Waals surface area contributed by atoms with E-state index in [-0.39, 0.29) is 11.8 Å². The highest BCUT2D eigenvalue weighted by atomic mass is 35.5. The van der Waals surface area contributed by atoms with Gasteiger partial charge >= 0.3 is 5.97 Å².